The lowest BCUT2D eigenvalue weighted by Crippen LogP contribution is -2.23. The molecular formula is C12H18N2O4S. The number of amides is 1. The van der Waals surface area contributed by atoms with Crippen LogP contribution in [0.4, 0.5) is 5.69 Å². The highest BCUT2D eigenvalue weighted by Crippen LogP contribution is 2.15. The summed E-state index contributed by atoms with van der Waals surface area (Å²) in [7, 11) is -3.31. The van der Waals surface area contributed by atoms with Crippen LogP contribution < -0.4 is 15.8 Å². The molecule has 1 aromatic rings. The van der Waals surface area contributed by atoms with Crippen molar-refractivity contribution in [1.29, 1.82) is 0 Å². The number of nitrogens with one attached hydrogen (secondary N) is 1. The van der Waals surface area contributed by atoms with Crippen molar-refractivity contribution >= 4 is 21.4 Å². The molecule has 0 saturated carbocycles. The number of hydrogen-bond donors (Lipinski definition) is 2. The van der Waals surface area contributed by atoms with Crippen LogP contribution in [0.1, 0.15) is 6.92 Å². The van der Waals surface area contributed by atoms with E-state index in [-0.39, 0.29) is 5.75 Å². The minimum Gasteiger partial charge on any atom is -0.492 e. The zero-order chi connectivity index (χ0) is 14.3. The van der Waals surface area contributed by atoms with Gasteiger partial charge in [-0.2, -0.15) is 0 Å². The quantitative estimate of drug-likeness (QED) is 0.756. The van der Waals surface area contributed by atoms with E-state index >= 15 is 0 Å². The fraction of sp³-hybridized carbons (Fsp3) is 0.417. The third-order valence-corrected chi connectivity index (χ3v) is 3.90. The Hall–Kier alpha value is -1.60. The third kappa shape index (κ3) is 5.71. The highest BCUT2D eigenvalue weighted by molar-refractivity contribution is 7.92. The smallest absolute Gasteiger partial charge is 0.239 e. The summed E-state index contributed by atoms with van der Waals surface area (Å²) in [5.74, 6) is -0.455. The Labute approximate surface area is 112 Å². The maximum absolute atomic E-state index is 11.5. The molecular weight excluding hydrogens is 268 g/mol. The number of hydrogen-bond acceptors (Lipinski definition) is 5. The van der Waals surface area contributed by atoms with Crippen LogP contribution in [0.15, 0.2) is 24.3 Å². The molecule has 0 aliphatic carbocycles. The van der Waals surface area contributed by atoms with Gasteiger partial charge in [0.1, 0.15) is 18.1 Å². The number of sulfone groups is 1. The van der Waals surface area contributed by atoms with Gasteiger partial charge in [0.05, 0.1) is 0 Å². The topological polar surface area (TPSA) is 98.5 Å². The van der Waals surface area contributed by atoms with Crippen molar-refractivity contribution in [2.75, 3.05) is 30.0 Å². The van der Waals surface area contributed by atoms with Gasteiger partial charge in [0.15, 0.2) is 9.84 Å². The summed E-state index contributed by atoms with van der Waals surface area (Å²) in [6.45, 7) is 2.35. The van der Waals surface area contributed by atoms with Crippen molar-refractivity contribution in [2.45, 2.75) is 6.92 Å². The SMILES string of the molecule is CCS(=O)(=O)CC(=O)Nc1ccc(OCCN)cc1. The van der Waals surface area contributed by atoms with E-state index in [1.54, 1.807) is 24.3 Å². The molecule has 0 aliphatic rings. The normalized spacial score (nSPS) is 11.1. The molecule has 3 N–H and O–H groups in total. The highest BCUT2D eigenvalue weighted by atomic mass is 32.2. The molecule has 0 aliphatic heterocycles. The monoisotopic (exact) mass is 286 g/mol. The summed E-state index contributed by atoms with van der Waals surface area (Å²) in [6.07, 6.45) is 0. The fourth-order valence-electron chi connectivity index (χ4n) is 1.31. The Bertz CT molecular complexity index is 511. The molecule has 7 heteroatoms. The second-order valence-electron chi connectivity index (χ2n) is 3.89. The lowest BCUT2D eigenvalue weighted by Gasteiger charge is -2.07. The first kappa shape index (κ1) is 15.5. The minimum atomic E-state index is -3.31. The van der Waals surface area contributed by atoms with Crippen LogP contribution in [0.25, 0.3) is 0 Å². The van der Waals surface area contributed by atoms with E-state index in [0.717, 1.165) is 0 Å². The summed E-state index contributed by atoms with van der Waals surface area (Å²) in [4.78, 5) is 11.5. The van der Waals surface area contributed by atoms with Crippen LogP contribution in [0.3, 0.4) is 0 Å². The second-order valence-corrected chi connectivity index (χ2v) is 6.24. The molecule has 1 amide bonds. The van der Waals surface area contributed by atoms with Gasteiger partial charge in [0.25, 0.3) is 0 Å². The number of ether oxygens (including phenoxy) is 1. The van der Waals surface area contributed by atoms with E-state index in [4.69, 9.17) is 10.5 Å². The predicted molar refractivity (Wildman–Crippen MR) is 73.9 cm³/mol. The molecule has 6 nitrogen and oxygen atoms in total. The first-order chi connectivity index (χ1) is 8.96. The number of carbonyl (C=O) groups is 1. The van der Waals surface area contributed by atoms with E-state index in [0.29, 0.717) is 24.6 Å². The third-order valence-electron chi connectivity index (χ3n) is 2.32. The van der Waals surface area contributed by atoms with Gasteiger partial charge in [0, 0.05) is 18.0 Å². The van der Waals surface area contributed by atoms with Gasteiger partial charge in [-0.15, -0.1) is 0 Å². The van der Waals surface area contributed by atoms with Crippen LogP contribution in [-0.4, -0.2) is 39.0 Å². The Balaban J connectivity index is 2.56. The van der Waals surface area contributed by atoms with Gasteiger partial charge in [-0.1, -0.05) is 6.92 Å². The number of carbonyl (C=O) groups excluding carboxylic acids is 1. The molecule has 0 fully saturated rings. The molecule has 106 valence electrons. The lowest BCUT2D eigenvalue weighted by molar-refractivity contribution is -0.113. The van der Waals surface area contributed by atoms with Crippen molar-refractivity contribution < 1.29 is 17.9 Å². The van der Waals surface area contributed by atoms with Crippen molar-refractivity contribution in [1.82, 2.24) is 0 Å². The van der Waals surface area contributed by atoms with Crippen molar-refractivity contribution in [3.8, 4) is 5.75 Å². The summed E-state index contributed by atoms with van der Waals surface area (Å²) in [5, 5.41) is 2.52. The molecule has 0 unspecified atom stereocenters. The molecule has 0 radical (unpaired) electrons. The van der Waals surface area contributed by atoms with E-state index in [1.807, 2.05) is 0 Å². The number of nitrogens with two attached hydrogens (primary N) is 1. The molecule has 0 saturated heterocycles. The Morgan fingerprint density at radius 2 is 1.95 bits per heavy atom. The van der Waals surface area contributed by atoms with Crippen LogP contribution >= 0.6 is 0 Å². The molecule has 0 aromatic heterocycles. The average Bonchev–Trinajstić information content (AvgIpc) is 2.37. The van der Waals surface area contributed by atoms with Gasteiger partial charge in [-0.25, -0.2) is 8.42 Å². The van der Waals surface area contributed by atoms with Gasteiger partial charge < -0.3 is 15.8 Å². The fourth-order valence-corrected chi connectivity index (χ4v) is 1.99. The van der Waals surface area contributed by atoms with Crippen LogP contribution in [0.2, 0.25) is 0 Å². The predicted octanol–water partition coefficient (Wildman–Crippen LogP) is 0.397. The minimum absolute atomic E-state index is 0.0493. The summed E-state index contributed by atoms with van der Waals surface area (Å²) in [5.41, 5.74) is 5.83. The van der Waals surface area contributed by atoms with E-state index in [1.165, 1.54) is 6.92 Å². The Morgan fingerprint density at radius 3 is 2.47 bits per heavy atom. The van der Waals surface area contributed by atoms with Crippen LogP contribution in [0.5, 0.6) is 5.75 Å². The zero-order valence-electron chi connectivity index (χ0n) is 10.8. The average molecular weight is 286 g/mol. The standard InChI is InChI=1S/C12H18N2O4S/c1-2-19(16,17)9-12(15)14-10-3-5-11(6-4-10)18-8-7-13/h3-6H,2,7-9,13H2,1H3,(H,14,15). The molecule has 0 heterocycles. The van der Waals surface area contributed by atoms with Gasteiger partial charge in [-0.3, -0.25) is 4.79 Å². The lowest BCUT2D eigenvalue weighted by atomic mass is 10.3. The van der Waals surface area contributed by atoms with Crippen molar-refractivity contribution in [3.05, 3.63) is 24.3 Å². The van der Waals surface area contributed by atoms with E-state index < -0.39 is 21.5 Å². The largest absolute Gasteiger partial charge is 0.492 e. The molecule has 0 spiro atoms. The van der Waals surface area contributed by atoms with E-state index in [9.17, 15) is 13.2 Å². The number of anilines is 1. The molecule has 0 bridgehead atoms. The van der Waals surface area contributed by atoms with Crippen molar-refractivity contribution in [3.63, 3.8) is 0 Å². The first-order valence-electron chi connectivity index (χ1n) is 5.90. The summed E-state index contributed by atoms with van der Waals surface area (Å²) in [6, 6.07) is 6.64. The van der Waals surface area contributed by atoms with Gasteiger partial charge >= 0.3 is 0 Å². The van der Waals surface area contributed by atoms with Crippen LogP contribution in [0, 0.1) is 0 Å². The first-order valence-corrected chi connectivity index (χ1v) is 7.72. The second kappa shape index (κ2) is 7.10. The van der Waals surface area contributed by atoms with Crippen LogP contribution in [-0.2, 0) is 14.6 Å². The summed E-state index contributed by atoms with van der Waals surface area (Å²) >= 11 is 0. The number of benzene rings is 1. The maximum atomic E-state index is 11.5. The molecule has 19 heavy (non-hydrogen) atoms. The Morgan fingerprint density at radius 1 is 1.32 bits per heavy atom. The van der Waals surface area contributed by atoms with Crippen molar-refractivity contribution in [2.24, 2.45) is 5.73 Å². The molecule has 0 atom stereocenters. The zero-order valence-corrected chi connectivity index (χ0v) is 11.6. The summed E-state index contributed by atoms with van der Waals surface area (Å²) < 4.78 is 27.8. The van der Waals surface area contributed by atoms with Gasteiger partial charge in [0.2, 0.25) is 5.91 Å². The van der Waals surface area contributed by atoms with Gasteiger partial charge in [-0.05, 0) is 24.3 Å². The Kier molecular flexibility index (Phi) is 5.78. The maximum Gasteiger partial charge on any atom is 0.239 e. The van der Waals surface area contributed by atoms with E-state index in [2.05, 4.69) is 5.32 Å². The number of rotatable bonds is 7. The molecule has 1 rings (SSSR count). The highest BCUT2D eigenvalue weighted by Gasteiger charge is 2.14. The molecule has 1 aromatic carbocycles.